The topological polar surface area (TPSA) is 79.6 Å². The normalized spacial score (nSPS) is 24.0. The summed E-state index contributed by atoms with van der Waals surface area (Å²) >= 11 is 6.11. The lowest BCUT2D eigenvalue weighted by Gasteiger charge is -2.36. The molecular formula is C22H22ClN5O2. The SMILES string of the molecule is O=C(NC1CCC2(CC1)CCN(c1cccc(Cl)c1)C2=O)c1cnc2cccnn12. The van der Waals surface area contributed by atoms with Gasteiger partial charge in [-0.3, -0.25) is 9.59 Å². The van der Waals surface area contributed by atoms with Crippen LogP contribution >= 0.6 is 11.6 Å². The number of hydrogen-bond donors (Lipinski definition) is 1. The molecule has 154 valence electrons. The van der Waals surface area contributed by atoms with Gasteiger partial charge in [0, 0.05) is 29.5 Å². The molecule has 2 amide bonds. The van der Waals surface area contributed by atoms with Crippen LogP contribution < -0.4 is 10.2 Å². The lowest BCUT2D eigenvalue weighted by atomic mass is 9.71. The molecule has 1 aliphatic heterocycles. The summed E-state index contributed by atoms with van der Waals surface area (Å²) < 4.78 is 1.54. The molecule has 3 aromatic rings. The van der Waals surface area contributed by atoms with E-state index < -0.39 is 0 Å². The number of anilines is 1. The standard InChI is InChI=1S/C22H22ClN5O2/c23-15-3-1-4-17(13-15)27-12-10-22(21(27)30)8-6-16(7-9-22)26-20(29)18-14-24-19-5-2-11-25-28(18)19/h1-5,11,13-14,16H,6-10,12H2,(H,26,29). The van der Waals surface area contributed by atoms with Crippen LogP contribution in [0.15, 0.2) is 48.8 Å². The molecular weight excluding hydrogens is 402 g/mol. The van der Waals surface area contributed by atoms with Crippen LogP contribution in [0.1, 0.15) is 42.6 Å². The van der Waals surface area contributed by atoms with E-state index in [2.05, 4.69) is 15.4 Å². The van der Waals surface area contributed by atoms with Gasteiger partial charge in [0.2, 0.25) is 5.91 Å². The molecule has 7 nitrogen and oxygen atoms in total. The third kappa shape index (κ3) is 3.23. The van der Waals surface area contributed by atoms with Crippen molar-refractivity contribution in [2.24, 2.45) is 5.41 Å². The Kier molecular flexibility index (Phi) is 4.70. The Hall–Kier alpha value is -2.93. The number of nitrogens with one attached hydrogen (secondary N) is 1. The van der Waals surface area contributed by atoms with Gasteiger partial charge in [-0.05, 0) is 62.4 Å². The Bertz CT molecular complexity index is 1120. The fourth-order valence-electron chi connectivity index (χ4n) is 4.73. The molecule has 1 spiro atoms. The molecule has 1 aromatic carbocycles. The average molecular weight is 424 g/mol. The number of hydrogen-bond acceptors (Lipinski definition) is 4. The molecule has 0 unspecified atom stereocenters. The molecule has 2 aromatic heterocycles. The van der Waals surface area contributed by atoms with E-state index in [-0.39, 0.29) is 23.3 Å². The first kappa shape index (κ1) is 19.1. The largest absolute Gasteiger partial charge is 0.348 e. The van der Waals surface area contributed by atoms with Gasteiger partial charge in [-0.2, -0.15) is 5.10 Å². The van der Waals surface area contributed by atoms with Crippen LogP contribution in [-0.2, 0) is 4.79 Å². The number of imidazole rings is 1. The third-order valence-corrected chi connectivity index (χ3v) is 6.66. The highest BCUT2D eigenvalue weighted by molar-refractivity contribution is 6.31. The molecule has 5 rings (SSSR count). The molecule has 2 aliphatic rings. The summed E-state index contributed by atoms with van der Waals surface area (Å²) in [5.74, 6) is 0.000907. The number of carbonyl (C=O) groups is 2. The molecule has 3 heterocycles. The summed E-state index contributed by atoms with van der Waals surface area (Å²) in [7, 11) is 0. The molecule has 30 heavy (non-hydrogen) atoms. The fraction of sp³-hybridized carbons (Fsp3) is 0.364. The number of rotatable bonds is 3. The lowest BCUT2D eigenvalue weighted by Crippen LogP contribution is -2.44. The van der Waals surface area contributed by atoms with Crippen LogP contribution in [0.2, 0.25) is 5.02 Å². The van der Waals surface area contributed by atoms with Crippen molar-refractivity contribution in [3.05, 3.63) is 59.5 Å². The van der Waals surface area contributed by atoms with E-state index in [0.29, 0.717) is 22.9 Å². The predicted molar refractivity (Wildman–Crippen MR) is 114 cm³/mol. The minimum atomic E-state index is -0.325. The van der Waals surface area contributed by atoms with Gasteiger partial charge in [-0.15, -0.1) is 0 Å². The van der Waals surface area contributed by atoms with Crippen LogP contribution in [0.5, 0.6) is 0 Å². The minimum absolute atomic E-state index is 0.0467. The van der Waals surface area contributed by atoms with Crippen molar-refractivity contribution in [1.82, 2.24) is 19.9 Å². The molecule has 1 N–H and O–H groups in total. The van der Waals surface area contributed by atoms with Gasteiger partial charge in [0.25, 0.3) is 5.91 Å². The molecule has 0 atom stereocenters. The summed E-state index contributed by atoms with van der Waals surface area (Å²) in [6.45, 7) is 0.712. The number of nitrogens with zero attached hydrogens (tertiary/aromatic N) is 4. The van der Waals surface area contributed by atoms with Crippen molar-refractivity contribution in [2.45, 2.75) is 38.1 Å². The maximum atomic E-state index is 13.2. The number of fused-ring (bicyclic) bond motifs is 1. The molecule has 0 bridgehead atoms. The van der Waals surface area contributed by atoms with Crippen LogP contribution in [0.3, 0.4) is 0 Å². The Balaban J connectivity index is 1.24. The summed E-state index contributed by atoms with van der Waals surface area (Å²) in [5.41, 5.74) is 1.60. The zero-order chi connectivity index (χ0) is 20.7. The van der Waals surface area contributed by atoms with E-state index in [1.165, 1.54) is 0 Å². The average Bonchev–Trinajstić information content (AvgIpc) is 3.32. The summed E-state index contributed by atoms with van der Waals surface area (Å²) in [6, 6.07) is 11.1. The molecule has 1 aliphatic carbocycles. The second-order valence-electron chi connectivity index (χ2n) is 8.15. The smallest absolute Gasteiger partial charge is 0.271 e. The second kappa shape index (κ2) is 7.40. The number of carbonyl (C=O) groups excluding carboxylic acids is 2. The van der Waals surface area contributed by atoms with Gasteiger partial charge in [-0.25, -0.2) is 9.50 Å². The highest BCUT2D eigenvalue weighted by Crippen LogP contribution is 2.46. The van der Waals surface area contributed by atoms with E-state index in [9.17, 15) is 9.59 Å². The second-order valence-corrected chi connectivity index (χ2v) is 8.59. The van der Waals surface area contributed by atoms with Crippen molar-refractivity contribution in [3.8, 4) is 0 Å². The highest BCUT2D eigenvalue weighted by Gasteiger charge is 2.48. The van der Waals surface area contributed by atoms with Gasteiger partial charge < -0.3 is 10.2 Å². The first-order chi connectivity index (χ1) is 14.6. The number of halogens is 1. The van der Waals surface area contributed by atoms with E-state index >= 15 is 0 Å². The Morgan fingerprint density at radius 3 is 2.80 bits per heavy atom. The van der Waals surface area contributed by atoms with E-state index in [0.717, 1.165) is 37.8 Å². The van der Waals surface area contributed by atoms with Crippen LogP contribution in [0.4, 0.5) is 5.69 Å². The van der Waals surface area contributed by atoms with Crippen molar-refractivity contribution in [2.75, 3.05) is 11.4 Å². The number of aromatic nitrogens is 3. The Morgan fingerprint density at radius 2 is 2.00 bits per heavy atom. The summed E-state index contributed by atoms with van der Waals surface area (Å²) in [5, 5.41) is 7.94. The predicted octanol–water partition coefficient (Wildman–Crippen LogP) is 3.48. The van der Waals surface area contributed by atoms with Gasteiger partial charge in [0.15, 0.2) is 5.65 Å². The summed E-state index contributed by atoms with van der Waals surface area (Å²) in [4.78, 5) is 32.0. The third-order valence-electron chi connectivity index (χ3n) is 6.42. The molecule has 2 fully saturated rings. The molecule has 1 saturated carbocycles. The Labute approximate surface area is 179 Å². The van der Waals surface area contributed by atoms with Crippen molar-refractivity contribution in [1.29, 1.82) is 0 Å². The van der Waals surface area contributed by atoms with Crippen molar-refractivity contribution >= 4 is 34.7 Å². The monoisotopic (exact) mass is 423 g/mol. The lowest BCUT2D eigenvalue weighted by molar-refractivity contribution is -0.127. The molecule has 8 heteroatoms. The van der Waals surface area contributed by atoms with Crippen LogP contribution in [0.25, 0.3) is 5.65 Å². The highest BCUT2D eigenvalue weighted by atomic mass is 35.5. The maximum absolute atomic E-state index is 13.2. The number of benzene rings is 1. The first-order valence-corrected chi connectivity index (χ1v) is 10.6. The van der Waals surface area contributed by atoms with Crippen LogP contribution in [0, 0.1) is 5.41 Å². The van der Waals surface area contributed by atoms with Crippen molar-refractivity contribution < 1.29 is 9.59 Å². The maximum Gasteiger partial charge on any atom is 0.271 e. The zero-order valence-corrected chi connectivity index (χ0v) is 17.2. The number of amides is 2. The quantitative estimate of drug-likeness (QED) is 0.699. The minimum Gasteiger partial charge on any atom is -0.348 e. The van der Waals surface area contributed by atoms with E-state index in [1.807, 2.05) is 35.2 Å². The first-order valence-electron chi connectivity index (χ1n) is 10.2. The summed E-state index contributed by atoms with van der Waals surface area (Å²) in [6.07, 6.45) is 7.14. The van der Waals surface area contributed by atoms with Gasteiger partial charge in [0.05, 0.1) is 11.6 Å². The Morgan fingerprint density at radius 1 is 1.17 bits per heavy atom. The zero-order valence-electron chi connectivity index (χ0n) is 16.4. The van der Waals surface area contributed by atoms with Gasteiger partial charge >= 0.3 is 0 Å². The molecule has 1 saturated heterocycles. The van der Waals surface area contributed by atoms with E-state index in [4.69, 9.17) is 11.6 Å². The van der Waals surface area contributed by atoms with Gasteiger partial charge in [0.1, 0.15) is 5.69 Å². The fourth-order valence-corrected chi connectivity index (χ4v) is 4.92. The van der Waals surface area contributed by atoms with E-state index in [1.54, 1.807) is 23.0 Å². The molecule has 0 radical (unpaired) electrons. The van der Waals surface area contributed by atoms with Crippen molar-refractivity contribution in [3.63, 3.8) is 0 Å². The van der Waals surface area contributed by atoms with Gasteiger partial charge in [-0.1, -0.05) is 17.7 Å². The van der Waals surface area contributed by atoms with Crippen LogP contribution in [-0.4, -0.2) is 39.0 Å².